The topological polar surface area (TPSA) is 53.4 Å². The molecule has 4 nitrogen and oxygen atoms in total. The summed E-state index contributed by atoms with van der Waals surface area (Å²) in [5.74, 6) is -0.327. The molecule has 1 aliphatic heterocycles. The van der Waals surface area contributed by atoms with Crippen LogP contribution in [0.2, 0.25) is 0 Å². The molecule has 0 amide bonds. The Labute approximate surface area is 94.2 Å². The van der Waals surface area contributed by atoms with Gasteiger partial charge in [0.1, 0.15) is 11.4 Å². The molecule has 16 heavy (non-hydrogen) atoms. The molecule has 0 radical (unpaired) electrons. The van der Waals surface area contributed by atoms with E-state index in [0.717, 1.165) is 25.1 Å². The Morgan fingerprint density at radius 1 is 1.50 bits per heavy atom. The summed E-state index contributed by atoms with van der Waals surface area (Å²) in [6.07, 6.45) is 6.75. The molecule has 0 saturated carbocycles. The summed E-state index contributed by atoms with van der Waals surface area (Å²) in [6, 6.07) is 1.73. The van der Waals surface area contributed by atoms with Gasteiger partial charge in [-0.3, -0.25) is 0 Å². The number of aromatic nitrogens is 1. The van der Waals surface area contributed by atoms with Crippen molar-refractivity contribution in [3.05, 3.63) is 35.5 Å². The monoisotopic (exact) mass is 218 g/mol. The fourth-order valence-corrected chi connectivity index (χ4v) is 1.88. The molecule has 4 heteroatoms. The zero-order chi connectivity index (χ0) is 11.5. The molecule has 1 N–H and O–H groups in total. The first-order valence-electron chi connectivity index (χ1n) is 5.29. The SMILES string of the molecule is Cc1ccnc(N2CC=CCC2)c1C(=O)O. The number of nitrogens with zero attached hydrogens (tertiary/aromatic N) is 2. The summed E-state index contributed by atoms with van der Waals surface area (Å²) in [4.78, 5) is 17.4. The fraction of sp³-hybridized carbons (Fsp3) is 0.333. The third kappa shape index (κ3) is 1.91. The average Bonchev–Trinajstić information content (AvgIpc) is 2.29. The summed E-state index contributed by atoms with van der Waals surface area (Å²) < 4.78 is 0. The van der Waals surface area contributed by atoms with Crippen LogP contribution in [-0.2, 0) is 0 Å². The first kappa shape index (κ1) is 10.7. The first-order valence-corrected chi connectivity index (χ1v) is 5.29. The lowest BCUT2D eigenvalue weighted by Gasteiger charge is -2.26. The molecule has 0 aliphatic carbocycles. The third-order valence-corrected chi connectivity index (χ3v) is 2.71. The summed E-state index contributed by atoms with van der Waals surface area (Å²) in [5, 5.41) is 9.19. The molecule has 1 aliphatic rings. The highest BCUT2D eigenvalue weighted by Crippen LogP contribution is 2.22. The molecular weight excluding hydrogens is 204 g/mol. The standard InChI is InChI=1S/C12H14N2O2/c1-9-5-6-13-11(10(9)12(15)16)14-7-3-2-4-8-14/h2-3,5-6H,4,7-8H2,1H3,(H,15,16). The van der Waals surface area contributed by atoms with E-state index in [9.17, 15) is 9.90 Å². The van der Waals surface area contributed by atoms with Crippen molar-refractivity contribution in [2.75, 3.05) is 18.0 Å². The largest absolute Gasteiger partial charge is 0.478 e. The van der Waals surface area contributed by atoms with E-state index in [4.69, 9.17) is 0 Å². The number of hydrogen-bond donors (Lipinski definition) is 1. The van der Waals surface area contributed by atoms with Crippen LogP contribution in [0, 0.1) is 6.92 Å². The lowest BCUT2D eigenvalue weighted by Crippen LogP contribution is -2.29. The van der Waals surface area contributed by atoms with E-state index in [0.29, 0.717) is 11.4 Å². The van der Waals surface area contributed by atoms with Gasteiger partial charge in [0, 0.05) is 19.3 Å². The second-order valence-electron chi connectivity index (χ2n) is 3.84. The molecule has 1 aromatic heterocycles. The number of carbonyl (C=O) groups is 1. The molecule has 84 valence electrons. The van der Waals surface area contributed by atoms with Gasteiger partial charge in [0.25, 0.3) is 0 Å². The predicted octanol–water partition coefficient (Wildman–Crippen LogP) is 1.85. The van der Waals surface area contributed by atoms with Crippen LogP contribution < -0.4 is 4.90 Å². The number of pyridine rings is 1. The van der Waals surface area contributed by atoms with Gasteiger partial charge in [-0.1, -0.05) is 12.2 Å². The van der Waals surface area contributed by atoms with Gasteiger partial charge in [-0.15, -0.1) is 0 Å². The second kappa shape index (κ2) is 4.35. The smallest absolute Gasteiger partial charge is 0.339 e. The van der Waals surface area contributed by atoms with Crippen molar-refractivity contribution < 1.29 is 9.90 Å². The van der Waals surface area contributed by atoms with Gasteiger partial charge >= 0.3 is 5.97 Å². The summed E-state index contributed by atoms with van der Waals surface area (Å²) in [5.41, 5.74) is 1.07. The highest BCUT2D eigenvalue weighted by molar-refractivity contribution is 5.95. The Morgan fingerprint density at radius 2 is 2.31 bits per heavy atom. The Kier molecular flexibility index (Phi) is 2.90. The lowest BCUT2D eigenvalue weighted by molar-refractivity contribution is 0.0696. The number of carboxylic acids is 1. The van der Waals surface area contributed by atoms with E-state index >= 15 is 0 Å². The highest BCUT2D eigenvalue weighted by atomic mass is 16.4. The summed E-state index contributed by atoms with van der Waals surface area (Å²) >= 11 is 0. The molecule has 0 atom stereocenters. The van der Waals surface area contributed by atoms with Crippen LogP contribution in [0.5, 0.6) is 0 Å². The highest BCUT2D eigenvalue weighted by Gasteiger charge is 2.19. The third-order valence-electron chi connectivity index (χ3n) is 2.71. The number of rotatable bonds is 2. The van der Waals surface area contributed by atoms with Gasteiger partial charge in [-0.25, -0.2) is 9.78 Å². The van der Waals surface area contributed by atoms with Crippen molar-refractivity contribution in [1.82, 2.24) is 4.98 Å². The van der Waals surface area contributed by atoms with E-state index < -0.39 is 5.97 Å². The minimum atomic E-state index is -0.907. The Morgan fingerprint density at radius 3 is 2.94 bits per heavy atom. The van der Waals surface area contributed by atoms with Gasteiger partial charge < -0.3 is 10.0 Å². The van der Waals surface area contributed by atoms with Gasteiger partial charge in [-0.2, -0.15) is 0 Å². The maximum absolute atomic E-state index is 11.2. The summed E-state index contributed by atoms with van der Waals surface area (Å²) in [6.45, 7) is 3.36. The van der Waals surface area contributed by atoms with Crippen LogP contribution >= 0.6 is 0 Å². The van der Waals surface area contributed by atoms with Gasteiger partial charge in [0.15, 0.2) is 0 Å². The molecule has 0 unspecified atom stereocenters. The maximum atomic E-state index is 11.2. The van der Waals surface area contributed by atoms with Crippen LogP contribution in [0.4, 0.5) is 5.82 Å². The molecule has 0 spiro atoms. The second-order valence-corrected chi connectivity index (χ2v) is 3.84. The van der Waals surface area contributed by atoms with Crippen LogP contribution in [0.1, 0.15) is 22.3 Å². The van der Waals surface area contributed by atoms with Crippen molar-refractivity contribution in [3.8, 4) is 0 Å². The Balaban J connectivity index is 2.43. The minimum absolute atomic E-state index is 0.317. The van der Waals surface area contributed by atoms with Crippen molar-refractivity contribution in [2.24, 2.45) is 0 Å². The molecule has 2 rings (SSSR count). The zero-order valence-electron chi connectivity index (χ0n) is 9.18. The molecule has 0 aromatic carbocycles. The molecule has 0 fully saturated rings. The van der Waals surface area contributed by atoms with E-state index in [1.165, 1.54) is 0 Å². The van der Waals surface area contributed by atoms with E-state index in [-0.39, 0.29) is 0 Å². The number of carboxylic acid groups (broad SMARTS) is 1. The minimum Gasteiger partial charge on any atom is -0.478 e. The van der Waals surface area contributed by atoms with Crippen molar-refractivity contribution >= 4 is 11.8 Å². The molecule has 0 saturated heterocycles. The number of aryl methyl sites for hydroxylation is 1. The summed E-state index contributed by atoms with van der Waals surface area (Å²) in [7, 11) is 0. The van der Waals surface area contributed by atoms with Gasteiger partial charge in [0.2, 0.25) is 0 Å². The maximum Gasteiger partial charge on any atom is 0.339 e. The van der Waals surface area contributed by atoms with Crippen molar-refractivity contribution in [3.63, 3.8) is 0 Å². The van der Waals surface area contributed by atoms with Crippen LogP contribution in [0.25, 0.3) is 0 Å². The van der Waals surface area contributed by atoms with E-state index in [1.807, 2.05) is 11.0 Å². The number of hydrogen-bond acceptors (Lipinski definition) is 3. The average molecular weight is 218 g/mol. The normalized spacial score (nSPS) is 15.2. The fourth-order valence-electron chi connectivity index (χ4n) is 1.88. The Hall–Kier alpha value is -1.84. The van der Waals surface area contributed by atoms with E-state index in [2.05, 4.69) is 11.1 Å². The zero-order valence-corrected chi connectivity index (χ0v) is 9.18. The van der Waals surface area contributed by atoms with Crippen LogP contribution in [0.3, 0.4) is 0 Å². The number of anilines is 1. The quantitative estimate of drug-likeness (QED) is 0.770. The van der Waals surface area contributed by atoms with Crippen molar-refractivity contribution in [1.29, 1.82) is 0 Å². The molecule has 1 aromatic rings. The number of aromatic carboxylic acids is 1. The predicted molar refractivity (Wildman–Crippen MR) is 61.9 cm³/mol. The van der Waals surface area contributed by atoms with Crippen LogP contribution in [-0.4, -0.2) is 29.1 Å². The molecule has 2 heterocycles. The van der Waals surface area contributed by atoms with Gasteiger partial charge in [-0.05, 0) is 25.0 Å². The van der Waals surface area contributed by atoms with E-state index in [1.54, 1.807) is 19.2 Å². The Bertz CT molecular complexity index is 441. The lowest BCUT2D eigenvalue weighted by atomic mass is 10.1. The van der Waals surface area contributed by atoms with Gasteiger partial charge in [0.05, 0.1) is 0 Å². The first-order chi connectivity index (χ1) is 7.70. The molecular formula is C12H14N2O2. The van der Waals surface area contributed by atoms with Crippen LogP contribution in [0.15, 0.2) is 24.4 Å². The molecule has 0 bridgehead atoms. The van der Waals surface area contributed by atoms with Crippen molar-refractivity contribution in [2.45, 2.75) is 13.3 Å².